The van der Waals surface area contributed by atoms with Crippen LogP contribution in [0.2, 0.25) is 0 Å². The van der Waals surface area contributed by atoms with Crippen LogP contribution >= 0.6 is 0 Å². The molecule has 0 saturated carbocycles. The lowest BCUT2D eigenvalue weighted by Gasteiger charge is -2.39. The van der Waals surface area contributed by atoms with E-state index in [0.717, 1.165) is 61.5 Å². The van der Waals surface area contributed by atoms with Crippen molar-refractivity contribution in [1.29, 1.82) is 0 Å². The minimum atomic E-state index is -3.58. The predicted octanol–water partition coefficient (Wildman–Crippen LogP) is 3.54. The maximum Gasteiger partial charge on any atom is 0.240 e. The van der Waals surface area contributed by atoms with Crippen molar-refractivity contribution in [2.75, 3.05) is 32.8 Å². The molecule has 0 radical (unpaired) electrons. The van der Waals surface area contributed by atoms with Crippen LogP contribution in [0.4, 0.5) is 0 Å². The number of aliphatic hydroxyl groups is 1. The standard InChI is InChI=1S/C29H34N2O6S/c32-21-23-8-10-24(11-9-23)28-18-26(20-31-14-16-35-17-15-31)36-29(37-28)25-12-6-22(7-13-25)19-30-38(33,34)27-4-2-1-3-5-27/h1-13,26,28-30,32H,14-21H2. The second-order valence-electron chi connectivity index (χ2n) is 9.64. The Kier molecular flexibility index (Phi) is 8.86. The van der Waals surface area contributed by atoms with Crippen molar-refractivity contribution >= 4 is 10.0 Å². The van der Waals surface area contributed by atoms with Crippen molar-refractivity contribution in [2.45, 2.75) is 43.0 Å². The Morgan fingerprint density at radius 3 is 2.18 bits per heavy atom. The molecule has 3 atom stereocenters. The molecule has 0 spiro atoms. The van der Waals surface area contributed by atoms with Gasteiger partial charge >= 0.3 is 0 Å². The van der Waals surface area contributed by atoms with E-state index in [9.17, 15) is 13.5 Å². The molecular formula is C29H34N2O6S. The van der Waals surface area contributed by atoms with Crippen LogP contribution in [0.5, 0.6) is 0 Å². The summed E-state index contributed by atoms with van der Waals surface area (Å²) < 4.78 is 46.1. The van der Waals surface area contributed by atoms with Crippen LogP contribution in [-0.4, -0.2) is 57.4 Å². The molecule has 2 fully saturated rings. The van der Waals surface area contributed by atoms with Crippen LogP contribution in [0.1, 0.15) is 41.1 Å². The Morgan fingerprint density at radius 2 is 1.50 bits per heavy atom. The van der Waals surface area contributed by atoms with Gasteiger partial charge in [-0.25, -0.2) is 13.1 Å². The first kappa shape index (κ1) is 27.0. The van der Waals surface area contributed by atoms with E-state index in [-0.39, 0.29) is 30.3 Å². The molecule has 38 heavy (non-hydrogen) atoms. The molecule has 0 aliphatic carbocycles. The van der Waals surface area contributed by atoms with Crippen LogP contribution in [0.3, 0.4) is 0 Å². The number of nitrogens with zero attached hydrogens (tertiary/aromatic N) is 1. The van der Waals surface area contributed by atoms with Crippen molar-refractivity contribution in [1.82, 2.24) is 9.62 Å². The van der Waals surface area contributed by atoms with Crippen LogP contribution in [0.25, 0.3) is 0 Å². The number of hydrogen-bond acceptors (Lipinski definition) is 7. The molecule has 2 heterocycles. The normalized spacial score (nSPS) is 22.8. The zero-order valence-electron chi connectivity index (χ0n) is 21.2. The molecule has 3 aromatic rings. The number of benzene rings is 3. The van der Waals surface area contributed by atoms with E-state index in [0.29, 0.717) is 0 Å². The fourth-order valence-electron chi connectivity index (χ4n) is 4.76. The summed E-state index contributed by atoms with van der Waals surface area (Å²) in [5, 5.41) is 9.41. The van der Waals surface area contributed by atoms with Gasteiger partial charge in [-0.15, -0.1) is 0 Å². The minimum absolute atomic E-state index is 0.00501. The molecule has 3 aromatic carbocycles. The van der Waals surface area contributed by atoms with Crippen LogP contribution in [-0.2, 0) is 37.4 Å². The molecule has 0 amide bonds. The third-order valence-corrected chi connectivity index (χ3v) is 8.37. The van der Waals surface area contributed by atoms with E-state index >= 15 is 0 Å². The molecule has 202 valence electrons. The summed E-state index contributed by atoms with van der Waals surface area (Å²) in [5.41, 5.74) is 3.63. The predicted molar refractivity (Wildman–Crippen MR) is 143 cm³/mol. The highest BCUT2D eigenvalue weighted by molar-refractivity contribution is 7.89. The molecule has 8 nitrogen and oxygen atoms in total. The Bertz CT molecular complexity index is 1260. The fourth-order valence-corrected chi connectivity index (χ4v) is 5.80. The second-order valence-corrected chi connectivity index (χ2v) is 11.4. The Morgan fingerprint density at radius 1 is 0.842 bits per heavy atom. The Hall–Kier alpha value is -2.63. The summed E-state index contributed by atoms with van der Waals surface area (Å²) in [6.07, 6.45) is 0.00933. The summed E-state index contributed by atoms with van der Waals surface area (Å²) in [4.78, 5) is 2.61. The number of aliphatic hydroxyl groups excluding tert-OH is 1. The first-order chi connectivity index (χ1) is 18.5. The monoisotopic (exact) mass is 538 g/mol. The second kappa shape index (κ2) is 12.5. The van der Waals surface area contributed by atoms with Crippen LogP contribution in [0.15, 0.2) is 83.8 Å². The van der Waals surface area contributed by atoms with E-state index < -0.39 is 16.3 Å². The van der Waals surface area contributed by atoms with Gasteiger partial charge in [0.1, 0.15) is 0 Å². The lowest BCUT2D eigenvalue weighted by Crippen LogP contribution is -2.44. The summed E-state index contributed by atoms with van der Waals surface area (Å²) in [6.45, 7) is 4.22. The third kappa shape index (κ3) is 6.86. The molecule has 2 aliphatic rings. The van der Waals surface area contributed by atoms with Gasteiger partial charge in [-0.1, -0.05) is 66.7 Å². The van der Waals surface area contributed by atoms with Gasteiger partial charge in [0, 0.05) is 38.2 Å². The van der Waals surface area contributed by atoms with Gasteiger partial charge in [0.05, 0.1) is 36.9 Å². The first-order valence-electron chi connectivity index (χ1n) is 12.9. The molecule has 2 saturated heterocycles. The number of sulfonamides is 1. The van der Waals surface area contributed by atoms with Crippen molar-refractivity contribution in [3.8, 4) is 0 Å². The van der Waals surface area contributed by atoms with Crippen molar-refractivity contribution in [3.63, 3.8) is 0 Å². The topological polar surface area (TPSA) is 97.3 Å². The van der Waals surface area contributed by atoms with Gasteiger partial charge in [-0.05, 0) is 28.8 Å². The molecule has 2 aliphatic heterocycles. The molecule has 2 N–H and O–H groups in total. The minimum Gasteiger partial charge on any atom is -0.392 e. The van der Waals surface area contributed by atoms with E-state index in [1.807, 2.05) is 48.5 Å². The summed E-state index contributed by atoms with van der Waals surface area (Å²) in [7, 11) is -3.58. The van der Waals surface area contributed by atoms with E-state index in [2.05, 4.69) is 9.62 Å². The van der Waals surface area contributed by atoms with E-state index in [4.69, 9.17) is 14.2 Å². The van der Waals surface area contributed by atoms with Crippen molar-refractivity contribution in [2.24, 2.45) is 0 Å². The number of morpholine rings is 1. The summed E-state index contributed by atoms with van der Waals surface area (Å²) in [5.74, 6) is 0. The summed E-state index contributed by atoms with van der Waals surface area (Å²) >= 11 is 0. The maximum absolute atomic E-state index is 12.6. The SMILES string of the molecule is O=S(=O)(NCc1ccc(C2OC(CN3CCOCC3)CC(c3ccc(CO)cc3)O2)cc1)c1ccccc1. The smallest absolute Gasteiger partial charge is 0.240 e. The molecule has 0 bridgehead atoms. The molecule has 9 heteroatoms. The quantitative estimate of drug-likeness (QED) is 0.430. The van der Waals surface area contributed by atoms with Crippen LogP contribution < -0.4 is 4.72 Å². The highest BCUT2D eigenvalue weighted by Gasteiger charge is 2.33. The Balaban J connectivity index is 1.28. The average molecular weight is 539 g/mol. The lowest BCUT2D eigenvalue weighted by atomic mass is 9.99. The average Bonchev–Trinajstić information content (AvgIpc) is 2.97. The lowest BCUT2D eigenvalue weighted by molar-refractivity contribution is -0.253. The van der Waals surface area contributed by atoms with Crippen molar-refractivity contribution < 1.29 is 27.7 Å². The van der Waals surface area contributed by atoms with E-state index in [1.165, 1.54) is 0 Å². The highest BCUT2D eigenvalue weighted by atomic mass is 32.2. The van der Waals surface area contributed by atoms with Gasteiger partial charge in [-0.3, -0.25) is 4.90 Å². The molecular weight excluding hydrogens is 504 g/mol. The van der Waals surface area contributed by atoms with Gasteiger partial charge in [0.2, 0.25) is 10.0 Å². The highest BCUT2D eigenvalue weighted by Crippen LogP contribution is 2.38. The Labute approximate surface area is 224 Å². The first-order valence-corrected chi connectivity index (χ1v) is 14.4. The summed E-state index contributed by atoms with van der Waals surface area (Å²) in [6, 6.07) is 23.8. The number of nitrogens with one attached hydrogen (secondary N) is 1. The van der Waals surface area contributed by atoms with Gasteiger partial charge in [-0.2, -0.15) is 0 Å². The third-order valence-electron chi connectivity index (χ3n) is 6.95. The molecule has 5 rings (SSSR count). The maximum atomic E-state index is 12.6. The largest absolute Gasteiger partial charge is 0.392 e. The van der Waals surface area contributed by atoms with Gasteiger partial charge < -0.3 is 19.3 Å². The zero-order valence-corrected chi connectivity index (χ0v) is 22.1. The number of ether oxygens (including phenoxy) is 3. The zero-order chi connectivity index (χ0) is 26.4. The van der Waals surface area contributed by atoms with Crippen molar-refractivity contribution in [3.05, 3.63) is 101 Å². The fraction of sp³-hybridized carbons (Fsp3) is 0.379. The van der Waals surface area contributed by atoms with Crippen LogP contribution in [0, 0.1) is 0 Å². The molecule has 3 unspecified atom stereocenters. The number of rotatable bonds is 9. The number of hydrogen-bond donors (Lipinski definition) is 2. The van der Waals surface area contributed by atoms with Gasteiger partial charge in [0.25, 0.3) is 0 Å². The molecule has 0 aromatic heterocycles. The van der Waals surface area contributed by atoms with E-state index in [1.54, 1.807) is 30.3 Å². The van der Waals surface area contributed by atoms with Gasteiger partial charge in [0.15, 0.2) is 6.29 Å².